The Morgan fingerprint density at radius 2 is 1.88 bits per heavy atom. The van der Waals surface area contributed by atoms with Crippen molar-refractivity contribution in [3.05, 3.63) is 80.8 Å². The van der Waals surface area contributed by atoms with Crippen LogP contribution in [0.25, 0.3) is 0 Å². The van der Waals surface area contributed by atoms with E-state index >= 15 is 0 Å². The van der Waals surface area contributed by atoms with Crippen molar-refractivity contribution in [2.24, 2.45) is 0 Å². The second-order valence-electron chi connectivity index (χ2n) is 8.62. The zero-order chi connectivity index (χ0) is 24.4. The predicted octanol–water partition coefficient (Wildman–Crippen LogP) is 4.19. The smallest absolute Gasteiger partial charge is 0.269 e. The number of hydrogen-bond donors (Lipinski definition) is 1. The van der Waals surface area contributed by atoms with Gasteiger partial charge in [-0.05, 0) is 43.7 Å². The summed E-state index contributed by atoms with van der Waals surface area (Å²) >= 11 is 12.7. The summed E-state index contributed by atoms with van der Waals surface area (Å²) in [6.07, 6.45) is 2.20. The molecule has 0 radical (unpaired) electrons. The van der Waals surface area contributed by atoms with Gasteiger partial charge in [-0.2, -0.15) is 5.10 Å². The molecule has 0 saturated carbocycles. The first kappa shape index (κ1) is 24.4. The SMILES string of the molecule is CC1CN(C(c2ccc(Cl)cc2Cl)C(O)Cn2cncn2)C(C)CN1c1ccc([N+](=O)[O-])cc1. The number of nitrogens with zero attached hydrogens (tertiary/aromatic N) is 6. The average molecular weight is 505 g/mol. The van der Waals surface area contributed by atoms with Crippen molar-refractivity contribution in [1.29, 1.82) is 0 Å². The Balaban J connectivity index is 1.61. The molecule has 2 heterocycles. The first-order valence-electron chi connectivity index (χ1n) is 11.0. The van der Waals surface area contributed by atoms with E-state index in [4.69, 9.17) is 23.2 Å². The van der Waals surface area contributed by atoms with E-state index in [2.05, 4.69) is 33.7 Å². The number of benzene rings is 2. The standard InChI is InChI=1S/C23H26Cl2N6O3/c1-15-11-30(16(2)10-29(15)18-4-6-19(7-5-18)31(33)34)23(20-8-3-17(24)9-21(20)25)22(32)12-28-14-26-13-27-28/h3-9,13-16,22-23,32H,10-12H2,1-2H3. The molecule has 2 aromatic carbocycles. The summed E-state index contributed by atoms with van der Waals surface area (Å²) in [7, 11) is 0. The van der Waals surface area contributed by atoms with Crippen LogP contribution in [0.2, 0.25) is 10.0 Å². The summed E-state index contributed by atoms with van der Waals surface area (Å²) in [5, 5.41) is 27.5. The quantitative estimate of drug-likeness (QED) is 0.380. The molecule has 0 amide bonds. The van der Waals surface area contributed by atoms with E-state index in [1.165, 1.54) is 18.5 Å². The average Bonchev–Trinajstić information content (AvgIpc) is 3.30. The van der Waals surface area contributed by atoms with Gasteiger partial charge in [-0.15, -0.1) is 0 Å². The number of rotatable bonds is 7. The van der Waals surface area contributed by atoms with E-state index in [-0.39, 0.29) is 24.3 Å². The van der Waals surface area contributed by atoms with Gasteiger partial charge in [0.2, 0.25) is 0 Å². The van der Waals surface area contributed by atoms with Crippen LogP contribution in [0.3, 0.4) is 0 Å². The molecule has 1 N–H and O–H groups in total. The van der Waals surface area contributed by atoms with Crippen LogP contribution < -0.4 is 4.90 Å². The first-order valence-corrected chi connectivity index (χ1v) is 11.7. The molecule has 1 aromatic heterocycles. The number of aromatic nitrogens is 3. The second-order valence-corrected chi connectivity index (χ2v) is 9.46. The van der Waals surface area contributed by atoms with Gasteiger partial charge in [0.05, 0.1) is 23.6 Å². The van der Waals surface area contributed by atoms with E-state index in [0.29, 0.717) is 23.1 Å². The number of nitro benzene ring substituents is 1. The largest absolute Gasteiger partial charge is 0.389 e. The molecule has 9 nitrogen and oxygen atoms in total. The number of nitro groups is 1. The summed E-state index contributed by atoms with van der Waals surface area (Å²) in [5.74, 6) is 0. The zero-order valence-corrected chi connectivity index (χ0v) is 20.3. The molecule has 0 spiro atoms. The Kier molecular flexibility index (Phi) is 7.37. The van der Waals surface area contributed by atoms with Crippen LogP contribution in [-0.2, 0) is 6.54 Å². The van der Waals surface area contributed by atoms with Crippen molar-refractivity contribution in [2.45, 2.75) is 44.6 Å². The van der Waals surface area contributed by atoms with Gasteiger partial charge < -0.3 is 10.0 Å². The van der Waals surface area contributed by atoms with E-state index in [1.807, 2.05) is 6.07 Å². The molecular formula is C23H26Cl2N6O3. The molecule has 180 valence electrons. The highest BCUT2D eigenvalue weighted by molar-refractivity contribution is 6.35. The molecule has 3 aromatic rings. The van der Waals surface area contributed by atoms with Crippen molar-refractivity contribution in [2.75, 3.05) is 18.0 Å². The minimum absolute atomic E-state index is 0.0496. The van der Waals surface area contributed by atoms with Crippen molar-refractivity contribution in [3.8, 4) is 0 Å². The van der Waals surface area contributed by atoms with Crippen molar-refractivity contribution in [3.63, 3.8) is 0 Å². The normalized spacial score (nSPS) is 20.8. The Labute approximate surface area is 207 Å². The van der Waals surface area contributed by atoms with Crippen LogP contribution >= 0.6 is 23.2 Å². The fraction of sp³-hybridized carbons (Fsp3) is 0.391. The van der Waals surface area contributed by atoms with Crippen LogP contribution in [0.5, 0.6) is 0 Å². The van der Waals surface area contributed by atoms with E-state index in [1.54, 1.807) is 35.3 Å². The first-order chi connectivity index (χ1) is 16.2. The van der Waals surface area contributed by atoms with Gasteiger partial charge in [-0.25, -0.2) is 4.98 Å². The van der Waals surface area contributed by atoms with Gasteiger partial charge in [0.1, 0.15) is 12.7 Å². The lowest BCUT2D eigenvalue weighted by Gasteiger charge is -2.49. The third-order valence-electron chi connectivity index (χ3n) is 6.27. The summed E-state index contributed by atoms with van der Waals surface area (Å²) < 4.78 is 1.60. The maximum absolute atomic E-state index is 11.4. The van der Waals surface area contributed by atoms with Crippen molar-refractivity contribution in [1.82, 2.24) is 19.7 Å². The third-order valence-corrected chi connectivity index (χ3v) is 6.83. The minimum atomic E-state index is -0.805. The summed E-state index contributed by atoms with van der Waals surface area (Å²) in [6.45, 7) is 5.79. The number of piperazine rings is 1. The highest BCUT2D eigenvalue weighted by atomic mass is 35.5. The number of aliphatic hydroxyl groups is 1. The van der Waals surface area contributed by atoms with Gasteiger partial charge in [0, 0.05) is 53.0 Å². The lowest BCUT2D eigenvalue weighted by Crippen LogP contribution is -2.59. The molecule has 4 atom stereocenters. The van der Waals surface area contributed by atoms with E-state index in [9.17, 15) is 15.2 Å². The molecular weight excluding hydrogens is 479 g/mol. The molecule has 1 fully saturated rings. The molecule has 1 aliphatic rings. The van der Waals surface area contributed by atoms with Gasteiger partial charge in [-0.3, -0.25) is 19.7 Å². The van der Waals surface area contributed by atoms with Gasteiger partial charge >= 0.3 is 0 Å². The fourth-order valence-corrected chi connectivity index (χ4v) is 5.15. The number of aliphatic hydroxyl groups excluding tert-OH is 1. The molecule has 1 aliphatic heterocycles. The van der Waals surface area contributed by atoms with Gasteiger partial charge in [0.25, 0.3) is 5.69 Å². The molecule has 0 bridgehead atoms. The maximum Gasteiger partial charge on any atom is 0.269 e. The summed E-state index contributed by atoms with van der Waals surface area (Å²) in [5.41, 5.74) is 1.78. The van der Waals surface area contributed by atoms with Crippen LogP contribution in [0.4, 0.5) is 11.4 Å². The number of hydrogen-bond acceptors (Lipinski definition) is 7. The molecule has 4 rings (SSSR count). The zero-order valence-electron chi connectivity index (χ0n) is 18.8. The molecule has 0 aliphatic carbocycles. The molecule has 34 heavy (non-hydrogen) atoms. The number of halogens is 2. The predicted molar refractivity (Wildman–Crippen MR) is 131 cm³/mol. The summed E-state index contributed by atoms with van der Waals surface area (Å²) in [6, 6.07) is 11.7. The van der Waals surface area contributed by atoms with Crippen molar-refractivity contribution < 1.29 is 10.0 Å². The van der Waals surface area contributed by atoms with Crippen LogP contribution in [0.15, 0.2) is 55.1 Å². The molecule has 1 saturated heterocycles. The molecule has 11 heteroatoms. The Bertz CT molecular complexity index is 1130. The second kappa shape index (κ2) is 10.3. The van der Waals surface area contributed by atoms with Crippen LogP contribution in [-0.4, -0.2) is 61.0 Å². The van der Waals surface area contributed by atoms with Gasteiger partial charge in [0.15, 0.2) is 0 Å². The van der Waals surface area contributed by atoms with E-state index < -0.39 is 17.1 Å². The van der Waals surface area contributed by atoms with Crippen molar-refractivity contribution >= 4 is 34.6 Å². The summed E-state index contributed by atoms with van der Waals surface area (Å²) in [4.78, 5) is 19.1. The highest BCUT2D eigenvalue weighted by Crippen LogP contribution is 2.37. The maximum atomic E-state index is 11.4. The fourth-order valence-electron chi connectivity index (χ4n) is 4.63. The van der Waals surface area contributed by atoms with Gasteiger partial charge in [-0.1, -0.05) is 29.3 Å². The third kappa shape index (κ3) is 5.17. The Hall–Kier alpha value is -2.72. The minimum Gasteiger partial charge on any atom is -0.389 e. The highest BCUT2D eigenvalue weighted by Gasteiger charge is 2.38. The monoisotopic (exact) mass is 504 g/mol. The lowest BCUT2D eigenvalue weighted by atomic mass is 9.94. The number of non-ortho nitro benzene ring substituents is 1. The Morgan fingerprint density at radius 3 is 2.50 bits per heavy atom. The van der Waals surface area contributed by atoms with E-state index in [0.717, 1.165) is 11.3 Å². The topological polar surface area (TPSA) is 101 Å². The lowest BCUT2D eigenvalue weighted by molar-refractivity contribution is -0.384. The molecule has 4 unspecified atom stereocenters. The van der Waals surface area contributed by atoms with Crippen LogP contribution in [0.1, 0.15) is 25.5 Å². The number of anilines is 1. The van der Waals surface area contributed by atoms with Crippen LogP contribution in [0, 0.1) is 10.1 Å². The Morgan fingerprint density at radius 1 is 1.15 bits per heavy atom.